The highest BCUT2D eigenvalue weighted by molar-refractivity contribution is 5.84. The lowest BCUT2D eigenvalue weighted by Gasteiger charge is -2.25. The molecule has 1 aliphatic heterocycles. The van der Waals surface area contributed by atoms with Crippen LogP contribution in [0.25, 0.3) is 0 Å². The molecule has 1 heterocycles. The molecule has 1 amide bonds. The predicted molar refractivity (Wildman–Crippen MR) is 73.3 cm³/mol. The van der Waals surface area contributed by atoms with Gasteiger partial charge in [0, 0.05) is 6.54 Å². The van der Waals surface area contributed by atoms with Gasteiger partial charge in [-0.25, -0.2) is 4.39 Å². The van der Waals surface area contributed by atoms with Crippen molar-refractivity contribution in [2.24, 2.45) is 0 Å². The molecule has 0 saturated carbocycles. The summed E-state index contributed by atoms with van der Waals surface area (Å²) in [5.41, 5.74) is 1.49. The van der Waals surface area contributed by atoms with Crippen LogP contribution in [0.2, 0.25) is 0 Å². The number of amides is 1. The molecule has 19 heavy (non-hydrogen) atoms. The zero-order chi connectivity index (χ0) is 14.0. The van der Waals surface area contributed by atoms with Crippen LogP contribution in [-0.2, 0) is 4.79 Å². The smallest absolute Gasteiger partial charge is 0.240 e. The molecule has 0 aromatic heterocycles. The van der Waals surface area contributed by atoms with Crippen LogP contribution in [0.4, 0.5) is 4.39 Å². The quantitative estimate of drug-likeness (QED) is 0.905. The summed E-state index contributed by atoms with van der Waals surface area (Å²) in [5.74, 6) is -0.0884. The van der Waals surface area contributed by atoms with E-state index in [9.17, 15) is 9.18 Å². The third kappa shape index (κ3) is 2.78. The second-order valence-electron chi connectivity index (χ2n) is 5.12. The molecule has 3 nitrogen and oxygen atoms in total. The summed E-state index contributed by atoms with van der Waals surface area (Å²) in [4.78, 5) is 14.1. The van der Waals surface area contributed by atoms with Gasteiger partial charge >= 0.3 is 0 Å². The molecule has 104 valence electrons. The maximum absolute atomic E-state index is 13.6. The van der Waals surface area contributed by atoms with E-state index < -0.39 is 0 Å². The van der Waals surface area contributed by atoms with Crippen molar-refractivity contribution in [3.05, 3.63) is 35.1 Å². The summed E-state index contributed by atoms with van der Waals surface area (Å²) in [6, 6.07) is 5.04. The van der Waals surface area contributed by atoms with Gasteiger partial charge in [0.25, 0.3) is 0 Å². The average molecular weight is 264 g/mol. The number of likely N-dealkylation sites (tertiary alicyclic amines) is 1. The fourth-order valence-electron chi connectivity index (χ4n) is 2.57. The summed E-state index contributed by atoms with van der Waals surface area (Å²) >= 11 is 0. The molecule has 1 fully saturated rings. The number of likely N-dealkylation sites (N-methyl/N-ethyl adjacent to an activating group) is 1. The highest BCUT2D eigenvalue weighted by Gasteiger charge is 2.34. The van der Waals surface area contributed by atoms with Crippen molar-refractivity contribution >= 4 is 5.91 Å². The first-order valence-electron chi connectivity index (χ1n) is 6.84. The van der Waals surface area contributed by atoms with E-state index in [2.05, 4.69) is 5.32 Å². The SMILES string of the molecule is CCNC1CCN(C(C)c2ccc(C)c(F)c2)C1=O. The molecular formula is C15H21FN2O. The van der Waals surface area contributed by atoms with Crippen molar-refractivity contribution in [2.45, 2.75) is 39.3 Å². The Morgan fingerprint density at radius 1 is 1.53 bits per heavy atom. The number of benzene rings is 1. The Bertz CT molecular complexity index is 475. The van der Waals surface area contributed by atoms with E-state index in [0.717, 1.165) is 25.1 Å². The topological polar surface area (TPSA) is 32.3 Å². The van der Waals surface area contributed by atoms with Gasteiger partial charge in [0.2, 0.25) is 5.91 Å². The van der Waals surface area contributed by atoms with Gasteiger partial charge in [0.15, 0.2) is 0 Å². The average Bonchev–Trinajstić information content (AvgIpc) is 2.74. The minimum atomic E-state index is -0.209. The first-order valence-corrected chi connectivity index (χ1v) is 6.84. The van der Waals surface area contributed by atoms with Gasteiger partial charge in [-0.15, -0.1) is 0 Å². The molecule has 2 unspecified atom stereocenters. The summed E-state index contributed by atoms with van der Waals surface area (Å²) < 4.78 is 13.6. The van der Waals surface area contributed by atoms with Crippen molar-refractivity contribution in [1.29, 1.82) is 0 Å². The number of hydrogen-bond acceptors (Lipinski definition) is 2. The van der Waals surface area contributed by atoms with Crippen molar-refractivity contribution in [3.8, 4) is 0 Å². The third-order valence-electron chi connectivity index (χ3n) is 3.84. The number of hydrogen-bond donors (Lipinski definition) is 1. The van der Waals surface area contributed by atoms with E-state index in [1.165, 1.54) is 6.07 Å². The van der Waals surface area contributed by atoms with Crippen LogP contribution >= 0.6 is 0 Å². The number of nitrogens with one attached hydrogen (secondary N) is 1. The van der Waals surface area contributed by atoms with Crippen molar-refractivity contribution in [2.75, 3.05) is 13.1 Å². The lowest BCUT2D eigenvalue weighted by Crippen LogP contribution is -2.39. The molecule has 1 aliphatic rings. The standard InChI is InChI=1S/C15H21FN2O/c1-4-17-14-7-8-18(15(14)19)11(3)12-6-5-10(2)13(16)9-12/h5-6,9,11,14,17H,4,7-8H2,1-3H3. The summed E-state index contributed by atoms with van der Waals surface area (Å²) in [6.45, 7) is 7.21. The van der Waals surface area contributed by atoms with E-state index in [0.29, 0.717) is 5.56 Å². The number of rotatable bonds is 4. The van der Waals surface area contributed by atoms with Crippen molar-refractivity contribution in [3.63, 3.8) is 0 Å². The van der Waals surface area contributed by atoms with Crippen LogP contribution in [0.15, 0.2) is 18.2 Å². The van der Waals surface area contributed by atoms with Crippen LogP contribution in [0, 0.1) is 12.7 Å². The van der Waals surface area contributed by atoms with E-state index in [4.69, 9.17) is 0 Å². The molecular weight excluding hydrogens is 243 g/mol. The third-order valence-corrected chi connectivity index (χ3v) is 3.84. The predicted octanol–water partition coefficient (Wildman–Crippen LogP) is 2.41. The zero-order valence-corrected chi connectivity index (χ0v) is 11.7. The first kappa shape index (κ1) is 14.0. The number of aryl methyl sites for hydroxylation is 1. The lowest BCUT2D eigenvalue weighted by molar-refractivity contribution is -0.131. The molecule has 4 heteroatoms. The van der Waals surface area contributed by atoms with Gasteiger partial charge in [-0.05, 0) is 44.0 Å². The number of halogens is 1. The molecule has 1 aromatic rings. The highest BCUT2D eigenvalue weighted by Crippen LogP contribution is 2.26. The van der Waals surface area contributed by atoms with Crippen molar-refractivity contribution in [1.82, 2.24) is 10.2 Å². The second-order valence-corrected chi connectivity index (χ2v) is 5.12. The van der Waals surface area contributed by atoms with Crippen molar-refractivity contribution < 1.29 is 9.18 Å². The van der Waals surface area contributed by atoms with E-state index in [-0.39, 0.29) is 23.8 Å². The fraction of sp³-hybridized carbons (Fsp3) is 0.533. The minimum Gasteiger partial charge on any atom is -0.335 e. The Kier molecular flexibility index (Phi) is 4.20. The Hall–Kier alpha value is -1.42. The van der Waals surface area contributed by atoms with E-state index in [1.54, 1.807) is 13.0 Å². The number of nitrogens with zero attached hydrogens (tertiary/aromatic N) is 1. The van der Waals surface area contributed by atoms with E-state index in [1.807, 2.05) is 24.8 Å². The normalized spacial score (nSPS) is 20.9. The Morgan fingerprint density at radius 2 is 2.26 bits per heavy atom. The Balaban J connectivity index is 2.13. The summed E-state index contributed by atoms with van der Waals surface area (Å²) in [5, 5.41) is 3.19. The highest BCUT2D eigenvalue weighted by atomic mass is 19.1. The van der Waals surface area contributed by atoms with Crippen LogP contribution in [-0.4, -0.2) is 29.9 Å². The van der Waals surface area contributed by atoms with Gasteiger partial charge in [0.1, 0.15) is 5.82 Å². The molecule has 1 saturated heterocycles. The lowest BCUT2D eigenvalue weighted by atomic mass is 10.0. The monoisotopic (exact) mass is 264 g/mol. The number of carbonyl (C=O) groups excluding carboxylic acids is 1. The molecule has 0 radical (unpaired) electrons. The van der Waals surface area contributed by atoms with E-state index >= 15 is 0 Å². The van der Waals surface area contributed by atoms with Gasteiger partial charge < -0.3 is 10.2 Å². The molecule has 2 rings (SSSR count). The van der Waals surface area contributed by atoms with Gasteiger partial charge in [0.05, 0.1) is 12.1 Å². The second kappa shape index (κ2) is 5.70. The van der Waals surface area contributed by atoms with Gasteiger partial charge in [-0.1, -0.05) is 19.1 Å². The van der Waals surface area contributed by atoms with Crippen LogP contribution in [0.1, 0.15) is 37.4 Å². The molecule has 0 aliphatic carbocycles. The maximum atomic E-state index is 13.6. The Labute approximate surface area is 113 Å². The largest absolute Gasteiger partial charge is 0.335 e. The minimum absolute atomic E-state index is 0.0775. The zero-order valence-electron chi connectivity index (χ0n) is 11.7. The fourth-order valence-corrected chi connectivity index (χ4v) is 2.57. The Morgan fingerprint density at radius 3 is 2.89 bits per heavy atom. The summed E-state index contributed by atoms with van der Waals surface area (Å²) in [6.07, 6.45) is 0.825. The van der Waals surface area contributed by atoms with Gasteiger partial charge in [-0.3, -0.25) is 4.79 Å². The van der Waals surface area contributed by atoms with Crippen LogP contribution in [0.3, 0.4) is 0 Å². The summed E-state index contributed by atoms with van der Waals surface area (Å²) in [7, 11) is 0. The van der Waals surface area contributed by atoms with Crippen LogP contribution in [0.5, 0.6) is 0 Å². The molecule has 1 aromatic carbocycles. The molecule has 0 bridgehead atoms. The molecule has 2 atom stereocenters. The van der Waals surface area contributed by atoms with Gasteiger partial charge in [-0.2, -0.15) is 0 Å². The molecule has 1 N–H and O–H groups in total. The molecule has 0 spiro atoms. The first-order chi connectivity index (χ1) is 9.04. The van der Waals surface area contributed by atoms with Crippen LogP contribution < -0.4 is 5.32 Å². The number of carbonyl (C=O) groups is 1. The maximum Gasteiger partial charge on any atom is 0.240 e.